The quantitative estimate of drug-likeness (QED) is 0.342. The lowest BCUT2D eigenvalue weighted by atomic mass is 10.1. The summed E-state index contributed by atoms with van der Waals surface area (Å²) in [4.78, 5) is 21.4. The van der Waals surface area contributed by atoms with Crippen molar-refractivity contribution in [2.24, 2.45) is 0 Å². The molecule has 0 aliphatic heterocycles. The Morgan fingerprint density at radius 2 is 1.70 bits per heavy atom. The van der Waals surface area contributed by atoms with Crippen molar-refractivity contribution < 1.29 is 9.53 Å². The van der Waals surface area contributed by atoms with Gasteiger partial charge in [0.25, 0.3) is 5.91 Å². The van der Waals surface area contributed by atoms with Crippen LogP contribution in [0.1, 0.15) is 23.0 Å². The highest BCUT2D eigenvalue weighted by Crippen LogP contribution is 2.36. The summed E-state index contributed by atoms with van der Waals surface area (Å²) in [5.74, 6) is 0.558. The lowest BCUT2D eigenvalue weighted by molar-refractivity contribution is 0.0949. The van der Waals surface area contributed by atoms with Crippen LogP contribution in [0, 0.1) is 0 Å². The van der Waals surface area contributed by atoms with Gasteiger partial charge in [0.1, 0.15) is 11.4 Å². The smallest absolute Gasteiger partial charge is 0.269 e. The third kappa shape index (κ3) is 4.17. The van der Waals surface area contributed by atoms with Gasteiger partial charge < -0.3 is 15.0 Å². The van der Waals surface area contributed by atoms with E-state index in [2.05, 4.69) is 28.5 Å². The number of hydrogen-bond donors (Lipinski definition) is 2. The Bertz CT molecular complexity index is 1420. The molecule has 0 aliphatic rings. The molecular weight excluding hydrogens is 410 g/mol. The molecule has 3 aromatic carbocycles. The van der Waals surface area contributed by atoms with Gasteiger partial charge in [0.15, 0.2) is 0 Å². The van der Waals surface area contributed by atoms with E-state index in [1.54, 1.807) is 0 Å². The number of benzene rings is 3. The van der Waals surface area contributed by atoms with E-state index in [9.17, 15) is 4.79 Å². The van der Waals surface area contributed by atoms with Crippen LogP contribution in [0.15, 0.2) is 84.9 Å². The Hall–Kier alpha value is -4.12. The standard InChI is InChI=1S/C28H25N3O2/c1-2-33-25-15-9-7-13-21(25)26-27-22(20-12-6-8-14-23(20)30-27)18-24(31-26)28(32)29-17-16-19-10-4-3-5-11-19/h3-15,18,30H,2,16-17H2,1H3,(H,29,32). The Kier molecular flexibility index (Phi) is 5.77. The molecule has 0 unspecified atom stereocenters. The van der Waals surface area contributed by atoms with Crippen molar-refractivity contribution in [1.29, 1.82) is 0 Å². The van der Waals surface area contributed by atoms with Crippen LogP contribution in [0.25, 0.3) is 33.1 Å². The molecule has 1 amide bonds. The molecule has 5 rings (SSSR count). The molecule has 0 radical (unpaired) electrons. The van der Waals surface area contributed by atoms with E-state index in [1.165, 1.54) is 5.56 Å². The summed E-state index contributed by atoms with van der Waals surface area (Å²) < 4.78 is 5.87. The SMILES string of the molecule is CCOc1ccccc1-c1nc(C(=O)NCCc2ccccc2)cc2c1[nH]c1ccccc12. The molecule has 0 aliphatic carbocycles. The number of H-pyrrole nitrogens is 1. The number of nitrogens with zero attached hydrogens (tertiary/aromatic N) is 1. The molecule has 0 saturated carbocycles. The van der Waals surface area contributed by atoms with Crippen LogP contribution in [-0.2, 0) is 6.42 Å². The molecule has 0 fully saturated rings. The molecule has 0 bridgehead atoms. The number of carbonyl (C=O) groups excluding carboxylic acids is 1. The number of fused-ring (bicyclic) bond motifs is 3. The monoisotopic (exact) mass is 435 g/mol. The predicted molar refractivity (Wildman–Crippen MR) is 133 cm³/mol. The topological polar surface area (TPSA) is 67.0 Å². The van der Waals surface area contributed by atoms with E-state index in [4.69, 9.17) is 9.72 Å². The van der Waals surface area contributed by atoms with Crippen LogP contribution in [0.2, 0.25) is 0 Å². The largest absolute Gasteiger partial charge is 0.493 e. The molecule has 0 saturated heterocycles. The first-order valence-corrected chi connectivity index (χ1v) is 11.2. The molecule has 2 heterocycles. The van der Waals surface area contributed by atoms with Crippen molar-refractivity contribution in [2.75, 3.05) is 13.2 Å². The highest BCUT2D eigenvalue weighted by atomic mass is 16.5. The van der Waals surface area contributed by atoms with Gasteiger partial charge in [-0.3, -0.25) is 4.79 Å². The molecule has 0 spiro atoms. The second-order valence-electron chi connectivity index (χ2n) is 7.87. The van der Waals surface area contributed by atoms with Crippen LogP contribution in [0.3, 0.4) is 0 Å². The lowest BCUT2D eigenvalue weighted by Crippen LogP contribution is -2.26. The van der Waals surface area contributed by atoms with Crippen molar-refractivity contribution in [1.82, 2.24) is 15.3 Å². The zero-order valence-electron chi connectivity index (χ0n) is 18.5. The van der Waals surface area contributed by atoms with Gasteiger partial charge in [0, 0.05) is 28.4 Å². The van der Waals surface area contributed by atoms with E-state index in [0.717, 1.165) is 39.5 Å². The number of aromatic amines is 1. The molecule has 5 aromatic rings. The van der Waals surface area contributed by atoms with Gasteiger partial charge >= 0.3 is 0 Å². The van der Waals surface area contributed by atoms with Crippen LogP contribution in [0.4, 0.5) is 0 Å². The first kappa shape index (κ1) is 20.8. The maximum Gasteiger partial charge on any atom is 0.269 e. The second-order valence-corrected chi connectivity index (χ2v) is 7.87. The average Bonchev–Trinajstić information content (AvgIpc) is 3.23. The zero-order valence-corrected chi connectivity index (χ0v) is 18.5. The summed E-state index contributed by atoms with van der Waals surface area (Å²) >= 11 is 0. The minimum absolute atomic E-state index is 0.187. The highest BCUT2D eigenvalue weighted by molar-refractivity contribution is 6.13. The van der Waals surface area contributed by atoms with Crippen molar-refractivity contribution in [3.63, 3.8) is 0 Å². The van der Waals surface area contributed by atoms with Crippen LogP contribution in [0.5, 0.6) is 5.75 Å². The number of para-hydroxylation sites is 2. The number of hydrogen-bond acceptors (Lipinski definition) is 3. The van der Waals surface area contributed by atoms with Gasteiger partial charge in [-0.25, -0.2) is 4.98 Å². The number of ether oxygens (including phenoxy) is 1. The van der Waals surface area contributed by atoms with Crippen LogP contribution < -0.4 is 10.1 Å². The molecule has 33 heavy (non-hydrogen) atoms. The van der Waals surface area contributed by atoms with Crippen molar-refractivity contribution >= 4 is 27.7 Å². The molecule has 5 nitrogen and oxygen atoms in total. The minimum atomic E-state index is -0.187. The van der Waals surface area contributed by atoms with Crippen molar-refractivity contribution in [3.8, 4) is 17.0 Å². The second kappa shape index (κ2) is 9.17. The van der Waals surface area contributed by atoms with Crippen molar-refractivity contribution in [2.45, 2.75) is 13.3 Å². The average molecular weight is 436 g/mol. The summed E-state index contributed by atoms with van der Waals surface area (Å²) in [5, 5.41) is 5.05. The fourth-order valence-electron chi connectivity index (χ4n) is 4.16. The molecular formula is C28H25N3O2. The fourth-order valence-corrected chi connectivity index (χ4v) is 4.16. The first-order valence-electron chi connectivity index (χ1n) is 11.2. The number of rotatable bonds is 7. The number of pyridine rings is 1. The zero-order chi connectivity index (χ0) is 22.6. The summed E-state index contributed by atoms with van der Waals surface area (Å²) in [6, 6.07) is 27.9. The Morgan fingerprint density at radius 1 is 0.939 bits per heavy atom. The van der Waals surface area contributed by atoms with Gasteiger partial charge in [-0.1, -0.05) is 60.7 Å². The van der Waals surface area contributed by atoms with E-state index >= 15 is 0 Å². The van der Waals surface area contributed by atoms with Crippen molar-refractivity contribution in [3.05, 3.63) is 96.2 Å². The summed E-state index contributed by atoms with van der Waals surface area (Å²) in [6.45, 7) is 3.05. The maximum atomic E-state index is 13.1. The van der Waals surface area contributed by atoms with Gasteiger partial charge in [0.05, 0.1) is 17.8 Å². The van der Waals surface area contributed by atoms with Gasteiger partial charge in [-0.05, 0) is 43.2 Å². The number of carbonyl (C=O) groups is 1. The Morgan fingerprint density at radius 3 is 2.55 bits per heavy atom. The molecule has 0 atom stereocenters. The number of nitrogens with one attached hydrogen (secondary N) is 2. The van der Waals surface area contributed by atoms with E-state index < -0.39 is 0 Å². The Labute approximate surface area is 192 Å². The third-order valence-corrected chi connectivity index (χ3v) is 5.71. The van der Waals surface area contributed by atoms with E-state index in [0.29, 0.717) is 24.5 Å². The molecule has 5 heteroatoms. The summed E-state index contributed by atoms with van der Waals surface area (Å²) in [6.07, 6.45) is 0.766. The van der Waals surface area contributed by atoms with Crippen LogP contribution >= 0.6 is 0 Å². The number of aromatic nitrogens is 2. The summed E-state index contributed by atoms with van der Waals surface area (Å²) in [5.41, 5.74) is 5.04. The van der Waals surface area contributed by atoms with E-state index in [1.807, 2.05) is 73.7 Å². The molecule has 2 aromatic heterocycles. The lowest BCUT2D eigenvalue weighted by Gasteiger charge is -2.12. The fraction of sp³-hybridized carbons (Fsp3) is 0.143. The highest BCUT2D eigenvalue weighted by Gasteiger charge is 2.19. The normalized spacial score (nSPS) is 11.1. The Balaban J connectivity index is 1.57. The van der Waals surface area contributed by atoms with Gasteiger partial charge in [0.2, 0.25) is 0 Å². The molecule has 2 N–H and O–H groups in total. The molecule has 164 valence electrons. The number of amides is 1. The maximum absolute atomic E-state index is 13.1. The van der Waals surface area contributed by atoms with Gasteiger partial charge in [-0.2, -0.15) is 0 Å². The third-order valence-electron chi connectivity index (χ3n) is 5.71. The minimum Gasteiger partial charge on any atom is -0.493 e. The summed E-state index contributed by atoms with van der Waals surface area (Å²) in [7, 11) is 0. The van der Waals surface area contributed by atoms with E-state index in [-0.39, 0.29) is 5.91 Å². The first-order chi connectivity index (χ1) is 16.2. The van der Waals surface area contributed by atoms with Crippen LogP contribution in [-0.4, -0.2) is 29.0 Å². The van der Waals surface area contributed by atoms with Gasteiger partial charge in [-0.15, -0.1) is 0 Å². The predicted octanol–water partition coefficient (Wildman–Crippen LogP) is 5.75.